The van der Waals surface area contributed by atoms with Gasteiger partial charge in [-0.3, -0.25) is 0 Å². The maximum Gasteiger partial charge on any atom is 0.202 e. The normalized spacial score (nSPS) is 12.4. The molecule has 1 atom stereocenters. The molecule has 0 aliphatic heterocycles. The van der Waals surface area contributed by atoms with Crippen LogP contribution >= 0.6 is 11.5 Å². The predicted octanol–water partition coefficient (Wildman–Crippen LogP) is 2.42. The van der Waals surface area contributed by atoms with E-state index in [0.29, 0.717) is 24.4 Å². The van der Waals surface area contributed by atoms with Gasteiger partial charge in [0.25, 0.3) is 0 Å². The number of nitrogens with two attached hydrogens (primary N) is 1. The van der Waals surface area contributed by atoms with Gasteiger partial charge in [0.05, 0.1) is 0 Å². The van der Waals surface area contributed by atoms with Crippen molar-refractivity contribution in [3.05, 3.63) is 41.5 Å². The molecule has 6 heteroatoms. The van der Waals surface area contributed by atoms with Gasteiger partial charge in [0, 0.05) is 24.0 Å². The van der Waals surface area contributed by atoms with E-state index in [2.05, 4.69) is 14.7 Å². The molecule has 1 unspecified atom stereocenters. The van der Waals surface area contributed by atoms with Gasteiger partial charge in [0.1, 0.15) is 11.6 Å². The van der Waals surface area contributed by atoms with E-state index in [0.717, 1.165) is 11.6 Å². The van der Waals surface area contributed by atoms with E-state index in [4.69, 9.17) is 5.73 Å². The smallest absolute Gasteiger partial charge is 0.202 e. The fraction of sp³-hybridized carbons (Fsp3) is 0.385. The summed E-state index contributed by atoms with van der Waals surface area (Å²) in [6, 6.07) is 6.95. The Morgan fingerprint density at radius 1 is 1.42 bits per heavy atom. The molecule has 0 amide bonds. The van der Waals surface area contributed by atoms with Crippen LogP contribution in [0.25, 0.3) is 0 Å². The summed E-state index contributed by atoms with van der Waals surface area (Å²) >= 11 is 1.29. The molecule has 3 N–H and O–H groups in total. The van der Waals surface area contributed by atoms with Gasteiger partial charge < -0.3 is 11.1 Å². The molecule has 0 saturated heterocycles. The van der Waals surface area contributed by atoms with Crippen LogP contribution in [0.1, 0.15) is 24.7 Å². The topological polar surface area (TPSA) is 63.8 Å². The van der Waals surface area contributed by atoms with Gasteiger partial charge in [-0.05, 0) is 31.5 Å². The van der Waals surface area contributed by atoms with Gasteiger partial charge in [-0.25, -0.2) is 9.37 Å². The number of anilines is 1. The molecule has 1 heterocycles. The molecular weight excluding hydrogens is 263 g/mol. The minimum absolute atomic E-state index is 0.219. The van der Waals surface area contributed by atoms with Crippen LogP contribution in [0.15, 0.2) is 24.3 Å². The van der Waals surface area contributed by atoms with Crippen LogP contribution in [-0.2, 0) is 6.42 Å². The quantitative estimate of drug-likeness (QED) is 0.853. The first-order valence-electron chi connectivity index (χ1n) is 6.21. The molecule has 102 valence electrons. The fourth-order valence-corrected chi connectivity index (χ4v) is 2.43. The Bertz CT molecular complexity index is 529. The standard InChI is InChI=1S/C13H17FN4S/c1-9(6-7-15)16-13-17-12(18-19-13)8-10-4-2-3-5-11(10)14/h2-5,9H,6-8,15H2,1H3,(H,16,17,18). The second-order valence-corrected chi connectivity index (χ2v) is 5.16. The molecule has 0 aliphatic carbocycles. The van der Waals surface area contributed by atoms with Gasteiger partial charge in [-0.15, -0.1) is 0 Å². The number of hydrogen-bond donors (Lipinski definition) is 2. The first-order chi connectivity index (χ1) is 9.19. The van der Waals surface area contributed by atoms with Crippen molar-refractivity contribution < 1.29 is 4.39 Å². The van der Waals surface area contributed by atoms with Crippen molar-refractivity contribution in [1.29, 1.82) is 0 Å². The lowest BCUT2D eigenvalue weighted by Gasteiger charge is -2.09. The summed E-state index contributed by atoms with van der Waals surface area (Å²) in [6.45, 7) is 2.68. The highest BCUT2D eigenvalue weighted by Crippen LogP contribution is 2.17. The molecule has 1 aromatic heterocycles. The van der Waals surface area contributed by atoms with Crippen LogP contribution in [-0.4, -0.2) is 21.9 Å². The molecule has 0 saturated carbocycles. The van der Waals surface area contributed by atoms with Gasteiger partial charge in [-0.2, -0.15) is 4.37 Å². The van der Waals surface area contributed by atoms with E-state index in [-0.39, 0.29) is 11.9 Å². The van der Waals surface area contributed by atoms with Crippen LogP contribution in [0.2, 0.25) is 0 Å². The molecule has 4 nitrogen and oxygen atoms in total. The average molecular weight is 280 g/mol. The SMILES string of the molecule is CC(CCN)Nc1nc(Cc2ccccc2F)ns1. The summed E-state index contributed by atoms with van der Waals surface area (Å²) in [4.78, 5) is 4.36. The van der Waals surface area contributed by atoms with Gasteiger partial charge in [-0.1, -0.05) is 18.2 Å². The van der Waals surface area contributed by atoms with Crippen molar-refractivity contribution in [3.63, 3.8) is 0 Å². The lowest BCUT2D eigenvalue weighted by molar-refractivity contribution is 0.612. The highest BCUT2D eigenvalue weighted by atomic mass is 32.1. The number of halogens is 1. The molecule has 19 heavy (non-hydrogen) atoms. The fourth-order valence-electron chi connectivity index (χ4n) is 1.73. The second-order valence-electron chi connectivity index (χ2n) is 4.41. The molecule has 0 radical (unpaired) electrons. The largest absolute Gasteiger partial charge is 0.358 e. The number of aromatic nitrogens is 2. The molecule has 1 aromatic carbocycles. The molecule has 0 aliphatic rings. The predicted molar refractivity (Wildman–Crippen MR) is 75.9 cm³/mol. The van der Waals surface area contributed by atoms with Crippen molar-refractivity contribution in [3.8, 4) is 0 Å². The highest BCUT2D eigenvalue weighted by molar-refractivity contribution is 7.09. The number of nitrogens with one attached hydrogen (secondary N) is 1. The Balaban J connectivity index is 2.00. The Kier molecular flexibility index (Phi) is 4.81. The summed E-state index contributed by atoms with van der Waals surface area (Å²) in [5.41, 5.74) is 6.11. The maximum absolute atomic E-state index is 13.5. The van der Waals surface area contributed by atoms with E-state index >= 15 is 0 Å². The second kappa shape index (κ2) is 6.58. The first-order valence-corrected chi connectivity index (χ1v) is 6.99. The van der Waals surface area contributed by atoms with Gasteiger partial charge in [0.2, 0.25) is 5.13 Å². The Labute approximate surface area is 116 Å². The Hall–Kier alpha value is -1.53. The monoisotopic (exact) mass is 280 g/mol. The lowest BCUT2D eigenvalue weighted by atomic mass is 10.1. The minimum Gasteiger partial charge on any atom is -0.358 e. The third kappa shape index (κ3) is 3.97. The van der Waals surface area contributed by atoms with Crippen LogP contribution < -0.4 is 11.1 Å². The number of benzene rings is 1. The molecule has 2 aromatic rings. The Morgan fingerprint density at radius 3 is 2.95 bits per heavy atom. The number of nitrogens with zero attached hydrogens (tertiary/aromatic N) is 2. The van der Waals surface area contributed by atoms with Gasteiger partial charge >= 0.3 is 0 Å². The van der Waals surface area contributed by atoms with Crippen molar-refractivity contribution >= 4 is 16.7 Å². The van der Waals surface area contributed by atoms with Crippen LogP contribution in [0.3, 0.4) is 0 Å². The third-order valence-electron chi connectivity index (χ3n) is 2.74. The molecule has 2 rings (SSSR count). The van der Waals surface area contributed by atoms with E-state index in [9.17, 15) is 4.39 Å². The maximum atomic E-state index is 13.5. The van der Waals surface area contributed by atoms with Crippen LogP contribution in [0.4, 0.5) is 9.52 Å². The third-order valence-corrected chi connectivity index (χ3v) is 3.43. The molecule has 0 spiro atoms. The van der Waals surface area contributed by atoms with E-state index in [1.165, 1.54) is 17.6 Å². The van der Waals surface area contributed by atoms with Crippen LogP contribution in [0, 0.1) is 5.82 Å². The van der Waals surface area contributed by atoms with Crippen molar-refractivity contribution in [1.82, 2.24) is 9.36 Å². The van der Waals surface area contributed by atoms with E-state index in [1.807, 2.05) is 13.0 Å². The zero-order valence-electron chi connectivity index (χ0n) is 10.8. The summed E-state index contributed by atoms with van der Waals surface area (Å²) in [7, 11) is 0. The lowest BCUT2D eigenvalue weighted by Crippen LogP contribution is -2.19. The zero-order chi connectivity index (χ0) is 13.7. The Morgan fingerprint density at radius 2 is 2.21 bits per heavy atom. The molecule has 0 bridgehead atoms. The highest BCUT2D eigenvalue weighted by Gasteiger charge is 2.09. The van der Waals surface area contributed by atoms with E-state index in [1.54, 1.807) is 12.1 Å². The van der Waals surface area contributed by atoms with Crippen molar-refractivity contribution in [2.24, 2.45) is 5.73 Å². The first kappa shape index (κ1) is 13.9. The van der Waals surface area contributed by atoms with Crippen LogP contribution in [0.5, 0.6) is 0 Å². The number of rotatable bonds is 6. The van der Waals surface area contributed by atoms with Gasteiger partial charge in [0.15, 0.2) is 0 Å². The van der Waals surface area contributed by atoms with Crippen molar-refractivity contribution in [2.45, 2.75) is 25.8 Å². The minimum atomic E-state index is -0.219. The van der Waals surface area contributed by atoms with Crippen molar-refractivity contribution in [2.75, 3.05) is 11.9 Å². The number of hydrogen-bond acceptors (Lipinski definition) is 5. The molecule has 0 fully saturated rings. The summed E-state index contributed by atoms with van der Waals surface area (Å²) in [5.74, 6) is 0.417. The van der Waals surface area contributed by atoms with E-state index < -0.39 is 0 Å². The molecular formula is C13H17FN4S. The summed E-state index contributed by atoms with van der Waals surface area (Å²) < 4.78 is 17.7. The summed E-state index contributed by atoms with van der Waals surface area (Å²) in [5, 5.41) is 3.99. The zero-order valence-corrected chi connectivity index (χ0v) is 11.6. The summed E-state index contributed by atoms with van der Waals surface area (Å²) in [6.07, 6.45) is 1.29. The average Bonchev–Trinajstić information content (AvgIpc) is 2.80.